The normalized spacial score (nSPS) is 10.6. The van der Waals surface area contributed by atoms with Gasteiger partial charge in [-0.3, -0.25) is 0 Å². The quantitative estimate of drug-likeness (QED) is 0.776. The van der Waals surface area contributed by atoms with Crippen molar-refractivity contribution in [2.75, 3.05) is 0 Å². The molecule has 0 N–H and O–H groups in total. The molecule has 0 fully saturated rings. The first kappa shape index (κ1) is 11.2. The van der Waals surface area contributed by atoms with Crippen LogP contribution in [0.1, 0.15) is 5.56 Å². The minimum Gasteiger partial charge on any atom is -0.247 e. The third-order valence-electron chi connectivity index (χ3n) is 1.89. The molecule has 0 aliphatic rings. The summed E-state index contributed by atoms with van der Waals surface area (Å²) in [5.74, 6) is 0. The van der Waals surface area contributed by atoms with Gasteiger partial charge < -0.3 is 0 Å². The van der Waals surface area contributed by atoms with Crippen molar-refractivity contribution in [1.82, 2.24) is 14.8 Å². The van der Waals surface area contributed by atoms with Crippen molar-refractivity contribution in [2.45, 2.75) is 6.54 Å². The average Bonchev–Trinajstić information content (AvgIpc) is 2.58. The molecular weight excluding hydrogens is 348 g/mol. The fourth-order valence-electron chi connectivity index (χ4n) is 1.19. The van der Waals surface area contributed by atoms with Gasteiger partial charge in [-0.15, -0.1) is 5.10 Å². The van der Waals surface area contributed by atoms with Crippen LogP contribution in [0.25, 0.3) is 0 Å². The van der Waals surface area contributed by atoms with E-state index in [2.05, 4.69) is 32.7 Å². The van der Waals surface area contributed by atoms with Crippen molar-refractivity contribution in [3.63, 3.8) is 0 Å². The topological polar surface area (TPSA) is 30.7 Å². The Hall–Kier alpha value is -0.330. The third-order valence-corrected chi connectivity index (χ3v) is 3.09. The van der Waals surface area contributed by atoms with Gasteiger partial charge in [0.15, 0.2) is 0 Å². The van der Waals surface area contributed by atoms with Crippen LogP contribution in [0, 0.1) is 3.83 Å². The van der Waals surface area contributed by atoms with E-state index >= 15 is 0 Å². The monoisotopic (exact) mass is 353 g/mol. The molecule has 0 radical (unpaired) electrons. The van der Waals surface area contributed by atoms with E-state index in [0.29, 0.717) is 20.4 Å². The minimum atomic E-state index is 0.536. The Balaban J connectivity index is 2.31. The molecule has 0 aliphatic heterocycles. The van der Waals surface area contributed by atoms with Crippen LogP contribution >= 0.6 is 45.8 Å². The van der Waals surface area contributed by atoms with Crippen molar-refractivity contribution in [1.29, 1.82) is 0 Å². The molecule has 0 atom stereocenters. The van der Waals surface area contributed by atoms with Gasteiger partial charge in [-0.1, -0.05) is 29.3 Å². The van der Waals surface area contributed by atoms with E-state index in [9.17, 15) is 0 Å². The standard InChI is InChI=1S/C9H6Cl2IN3/c10-7-2-1-3-8(11)6(7)4-15-5-13-9(12)14-15/h1-3,5H,4H2. The zero-order valence-corrected chi connectivity index (χ0v) is 11.2. The summed E-state index contributed by atoms with van der Waals surface area (Å²) in [4.78, 5) is 4.02. The molecule has 0 spiro atoms. The highest BCUT2D eigenvalue weighted by atomic mass is 127. The molecule has 0 saturated heterocycles. The highest BCUT2D eigenvalue weighted by Gasteiger charge is 2.06. The molecule has 1 heterocycles. The van der Waals surface area contributed by atoms with E-state index in [-0.39, 0.29) is 0 Å². The first-order valence-electron chi connectivity index (χ1n) is 4.14. The van der Waals surface area contributed by atoms with E-state index in [1.165, 1.54) is 0 Å². The molecule has 2 aromatic rings. The maximum absolute atomic E-state index is 6.04. The van der Waals surface area contributed by atoms with E-state index in [1.807, 2.05) is 18.2 Å². The van der Waals surface area contributed by atoms with Crippen LogP contribution < -0.4 is 0 Å². The Morgan fingerprint density at radius 2 is 1.93 bits per heavy atom. The molecule has 2 rings (SSSR count). The second kappa shape index (κ2) is 4.67. The molecule has 0 amide bonds. The number of aromatic nitrogens is 3. The Morgan fingerprint density at radius 3 is 2.47 bits per heavy atom. The van der Waals surface area contributed by atoms with Gasteiger partial charge in [-0.25, -0.2) is 9.67 Å². The van der Waals surface area contributed by atoms with Crippen molar-refractivity contribution in [2.24, 2.45) is 0 Å². The second-order valence-electron chi connectivity index (χ2n) is 2.91. The lowest BCUT2D eigenvalue weighted by molar-refractivity contribution is 0.680. The van der Waals surface area contributed by atoms with Gasteiger partial charge in [0.1, 0.15) is 6.33 Å². The summed E-state index contributed by atoms with van der Waals surface area (Å²) in [6.07, 6.45) is 1.65. The average molecular weight is 354 g/mol. The van der Waals surface area contributed by atoms with Crippen LogP contribution in [0.5, 0.6) is 0 Å². The molecule has 1 aromatic heterocycles. The molecule has 0 aliphatic carbocycles. The van der Waals surface area contributed by atoms with Crippen molar-refractivity contribution < 1.29 is 0 Å². The van der Waals surface area contributed by atoms with Crippen molar-refractivity contribution in [3.05, 3.63) is 44.0 Å². The van der Waals surface area contributed by atoms with Gasteiger partial charge in [-0.2, -0.15) is 0 Å². The lowest BCUT2D eigenvalue weighted by atomic mass is 10.2. The SMILES string of the molecule is Clc1cccc(Cl)c1Cn1cnc(I)n1. The number of nitrogens with zero attached hydrogens (tertiary/aromatic N) is 3. The molecule has 6 heteroatoms. The lowest BCUT2D eigenvalue weighted by Crippen LogP contribution is -2.01. The number of hydrogen-bond donors (Lipinski definition) is 0. The van der Waals surface area contributed by atoms with E-state index in [1.54, 1.807) is 11.0 Å². The van der Waals surface area contributed by atoms with Crippen molar-refractivity contribution >= 4 is 45.8 Å². The van der Waals surface area contributed by atoms with Crippen LogP contribution in [0.2, 0.25) is 10.0 Å². The summed E-state index contributed by atoms with van der Waals surface area (Å²) in [6, 6.07) is 5.44. The fraction of sp³-hybridized carbons (Fsp3) is 0.111. The zero-order chi connectivity index (χ0) is 10.8. The van der Waals surface area contributed by atoms with Gasteiger partial charge in [0.05, 0.1) is 6.54 Å². The Kier molecular flexibility index (Phi) is 3.48. The molecule has 0 saturated carbocycles. The number of halogens is 3. The Morgan fingerprint density at radius 1 is 1.27 bits per heavy atom. The summed E-state index contributed by atoms with van der Waals surface area (Å²) in [6.45, 7) is 0.536. The van der Waals surface area contributed by atoms with Crippen LogP contribution in [0.15, 0.2) is 24.5 Å². The van der Waals surface area contributed by atoms with Crippen LogP contribution in [0.3, 0.4) is 0 Å². The molecule has 15 heavy (non-hydrogen) atoms. The number of benzene rings is 1. The Labute approximate surface area is 111 Å². The number of rotatable bonds is 2. The molecule has 0 unspecified atom stereocenters. The summed E-state index contributed by atoms with van der Waals surface area (Å²) in [5, 5.41) is 5.46. The van der Waals surface area contributed by atoms with Gasteiger partial charge in [0, 0.05) is 38.2 Å². The van der Waals surface area contributed by atoms with E-state index in [0.717, 1.165) is 5.56 Å². The summed E-state index contributed by atoms with van der Waals surface area (Å²) < 4.78 is 2.41. The lowest BCUT2D eigenvalue weighted by Gasteiger charge is -2.05. The third kappa shape index (κ3) is 2.62. The summed E-state index contributed by atoms with van der Waals surface area (Å²) >= 11 is 14.1. The summed E-state index contributed by atoms with van der Waals surface area (Å²) in [5.41, 5.74) is 0.863. The molecule has 3 nitrogen and oxygen atoms in total. The molecule has 0 bridgehead atoms. The van der Waals surface area contributed by atoms with Crippen molar-refractivity contribution in [3.8, 4) is 0 Å². The molecule has 78 valence electrons. The minimum absolute atomic E-state index is 0.536. The second-order valence-corrected chi connectivity index (χ2v) is 4.69. The van der Waals surface area contributed by atoms with Gasteiger partial charge in [0.2, 0.25) is 3.83 Å². The molecular formula is C9H6Cl2IN3. The Bertz CT molecular complexity index is 464. The largest absolute Gasteiger partial charge is 0.247 e. The van der Waals surface area contributed by atoms with E-state index in [4.69, 9.17) is 23.2 Å². The highest BCUT2D eigenvalue weighted by molar-refractivity contribution is 14.1. The van der Waals surface area contributed by atoms with Crippen LogP contribution in [-0.2, 0) is 6.54 Å². The fourth-order valence-corrected chi connectivity index (χ4v) is 2.11. The maximum Gasteiger partial charge on any atom is 0.211 e. The zero-order valence-electron chi connectivity index (χ0n) is 7.49. The predicted molar refractivity (Wildman–Crippen MR) is 68.3 cm³/mol. The van der Waals surface area contributed by atoms with Crippen LogP contribution in [-0.4, -0.2) is 14.8 Å². The highest BCUT2D eigenvalue weighted by Crippen LogP contribution is 2.24. The van der Waals surface area contributed by atoms with Gasteiger partial charge in [-0.05, 0) is 12.1 Å². The first-order valence-corrected chi connectivity index (χ1v) is 5.98. The van der Waals surface area contributed by atoms with Crippen LogP contribution in [0.4, 0.5) is 0 Å². The molecule has 1 aromatic carbocycles. The number of hydrogen-bond acceptors (Lipinski definition) is 2. The van der Waals surface area contributed by atoms with E-state index < -0.39 is 0 Å². The van der Waals surface area contributed by atoms with Gasteiger partial charge >= 0.3 is 0 Å². The predicted octanol–water partition coefficient (Wildman–Crippen LogP) is 3.24. The summed E-state index contributed by atoms with van der Waals surface area (Å²) in [7, 11) is 0. The maximum atomic E-state index is 6.04. The van der Waals surface area contributed by atoms with Gasteiger partial charge in [0.25, 0.3) is 0 Å². The first-order chi connectivity index (χ1) is 7.16. The smallest absolute Gasteiger partial charge is 0.211 e.